The maximum Gasteiger partial charge on any atom is 0.257 e. The molecular formula is C15H16FN5OS2. The molecule has 0 aliphatic carbocycles. The number of halogens is 1. The number of hydrogen-bond donors (Lipinski definition) is 1. The van der Waals surface area contributed by atoms with E-state index in [2.05, 4.69) is 39.5 Å². The highest BCUT2D eigenvalue weighted by Crippen LogP contribution is 2.28. The fourth-order valence-electron chi connectivity index (χ4n) is 1.78. The first-order chi connectivity index (χ1) is 11.6. The zero-order valence-corrected chi connectivity index (χ0v) is 14.8. The number of nitrogens with one attached hydrogen (secondary N) is 1. The Morgan fingerprint density at radius 2 is 2.04 bits per heavy atom. The summed E-state index contributed by atoms with van der Waals surface area (Å²) in [5, 5.41) is 16.2. The third-order valence-electron chi connectivity index (χ3n) is 2.95. The van der Waals surface area contributed by atoms with Crippen molar-refractivity contribution < 1.29 is 8.91 Å². The van der Waals surface area contributed by atoms with Crippen molar-refractivity contribution in [1.82, 2.24) is 20.3 Å². The summed E-state index contributed by atoms with van der Waals surface area (Å²) < 4.78 is 19.0. The van der Waals surface area contributed by atoms with Gasteiger partial charge < -0.3 is 9.84 Å². The van der Waals surface area contributed by atoms with Crippen LogP contribution in [0, 0.1) is 11.7 Å². The first kappa shape index (κ1) is 16.8. The predicted octanol–water partition coefficient (Wildman–Crippen LogP) is 4.09. The molecule has 2 aromatic heterocycles. The Morgan fingerprint density at radius 3 is 2.79 bits per heavy atom. The van der Waals surface area contributed by atoms with Gasteiger partial charge in [-0.1, -0.05) is 42.1 Å². The van der Waals surface area contributed by atoms with Crippen LogP contribution < -0.4 is 5.32 Å². The summed E-state index contributed by atoms with van der Waals surface area (Å²) >= 11 is 3.00. The zero-order chi connectivity index (χ0) is 16.9. The molecule has 0 atom stereocenters. The molecule has 3 rings (SSSR count). The lowest BCUT2D eigenvalue weighted by atomic mass is 10.2. The molecule has 0 amide bonds. The van der Waals surface area contributed by atoms with Gasteiger partial charge in [-0.2, -0.15) is 4.98 Å². The Labute approximate surface area is 146 Å². The molecule has 0 saturated carbocycles. The standard InChI is InChI=1S/C15H16FN5OS2/c1-9(2)7-17-14-19-20-15(24-14)23-8-12-18-13(22-21-12)10-3-5-11(16)6-4-10/h3-6,9H,7-8H2,1-2H3,(H,17,19). The number of rotatable bonds is 7. The minimum absolute atomic E-state index is 0.299. The Balaban J connectivity index is 1.56. The minimum Gasteiger partial charge on any atom is -0.360 e. The molecule has 0 aliphatic rings. The molecule has 0 spiro atoms. The van der Waals surface area contributed by atoms with Gasteiger partial charge in [0.05, 0.1) is 5.75 Å². The summed E-state index contributed by atoms with van der Waals surface area (Å²) in [5.41, 5.74) is 0.691. The third kappa shape index (κ3) is 4.51. The van der Waals surface area contributed by atoms with E-state index in [9.17, 15) is 4.39 Å². The van der Waals surface area contributed by atoms with Gasteiger partial charge in [0.2, 0.25) is 5.13 Å². The summed E-state index contributed by atoms with van der Waals surface area (Å²) in [4.78, 5) is 4.31. The van der Waals surface area contributed by atoms with Crippen LogP contribution in [-0.2, 0) is 5.75 Å². The molecule has 0 fully saturated rings. The lowest BCUT2D eigenvalue weighted by molar-refractivity contribution is 0.425. The topological polar surface area (TPSA) is 76.7 Å². The molecule has 9 heteroatoms. The Hall–Kier alpha value is -2.00. The van der Waals surface area contributed by atoms with Crippen LogP contribution in [0.3, 0.4) is 0 Å². The van der Waals surface area contributed by atoms with E-state index >= 15 is 0 Å². The normalized spacial score (nSPS) is 11.2. The van der Waals surface area contributed by atoms with Crippen LogP contribution >= 0.6 is 23.1 Å². The molecule has 126 valence electrons. The van der Waals surface area contributed by atoms with Crippen molar-refractivity contribution in [3.05, 3.63) is 35.9 Å². The van der Waals surface area contributed by atoms with Crippen molar-refractivity contribution in [2.45, 2.75) is 23.9 Å². The SMILES string of the molecule is CC(C)CNc1nnc(SCc2noc(-c3ccc(F)cc3)n2)s1. The quantitative estimate of drug-likeness (QED) is 0.632. The van der Waals surface area contributed by atoms with Gasteiger partial charge in [-0.05, 0) is 30.2 Å². The second-order valence-electron chi connectivity index (χ2n) is 5.46. The first-order valence-corrected chi connectivity index (χ1v) is 9.19. The summed E-state index contributed by atoms with van der Waals surface area (Å²) in [6.07, 6.45) is 0. The van der Waals surface area contributed by atoms with Crippen LogP contribution in [0.4, 0.5) is 9.52 Å². The van der Waals surface area contributed by atoms with E-state index in [-0.39, 0.29) is 5.82 Å². The summed E-state index contributed by atoms with van der Waals surface area (Å²) in [6, 6.07) is 5.94. The molecule has 2 heterocycles. The van der Waals surface area contributed by atoms with E-state index in [1.807, 2.05) is 0 Å². The molecule has 0 bridgehead atoms. The van der Waals surface area contributed by atoms with Crippen LogP contribution in [0.25, 0.3) is 11.5 Å². The average Bonchev–Trinajstić information content (AvgIpc) is 3.21. The zero-order valence-electron chi connectivity index (χ0n) is 13.2. The Bertz CT molecular complexity index is 787. The van der Waals surface area contributed by atoms with E-state index < -0.39 is 0 Å². The van der Waals surface area contributed by atoms with Crippen LogP contribution in [-0.4, -0.2) is 26.9 Å². The molecule has 24 heavy (non-hydrogen) atoms. The van der Waals surface area contributed by atoms with Crippen LogP contribution in [0.15, 0.2) is 33.1 Å². The van der Waals surface area contributed by atoms with Crippen LogP contribution in [0.5, 0.6) is 0 Å². The van der Waals surface area contributed by atoms with E-state index in [1.165, 1.54) is 35.2 Å². The number of hydrogen-bond acceptors (Lipinski definition) is 8. The summed E-state index contributed by atoms with van der Waals surface area (Å²) in [7, 11) is 0. The second-order valence-corrected chi connectivity index (χ2v) is 7.66. The van der Waals surface area contributed by atoms with Gasteiger partial charge in [0.1, 0.15) is 5.82 Å². The van der Waals surface area contributed by atoms with Crippen molar-refractivity contribution in [2.24, 2.45) is 5.92 Å². The third-order valence-corrected chi connectivity index (χ3v) is 4.96. The number of thioether (sulfide) groups is 1. The van der Waals surface area contributed by atoms with Crippen molar-refractivity contribution in [3.8, 4) is 11.5 Å². The van der Waals surface area contributed by atoms with E-state index in [1.54, 1.807) is 12.1 Å². The fraction of sp³-hybridized carbons (Fsp3) is 0.333. The molecule has 1 aromatic carbocycles. The second kappa shape index (κ2) is 7.71. The lowest BCUT2D eigenvalue weighted by Crippen LogP contribution is -2.07. The van der Waals surface area contributed by atoms with Gasteiger partial charge >= 0.3 is 0 Å². The molecule has 3 aromatic rings. The number of aromatic nitrogens is 4. The largest absolute Gasteiger partial charge is 0.360 e. The van der Waals surface area contributed by atoms with Gasteiger partial charge in [0.25, 0.3) is 5.89 Å². The number of benzene rings is 1. The first-order valence-electron chi connectivity index (χ1n) is 7.39. The van der Waals surface area contributed by atoms with E-state index in [0.29, 0.717) is 28.9 Å². The summed E-state index contributed by atoms with van der Waals surface area (Å²) in [6.45, 7) is 5.14. The van der Waals surface area contributed by atoms with Crippen LogP contribution in [0.2, 0.25) is 0 Å². The van der Waals surface area contributed by atoms with Gasteiger partial charge in [0, 0.05) is 12.1 Å². The number of nitrogens with zero attached hydrogens (tertiary/aromatic N) is 4. The molecule has 0 radical (unpaired) electrons. The Morgan fingerprint density at radius 1 is 1.25 bits per heavy atom. The molecule has 0 saturated heterocycles. The van der Waals surface area contributed by atoms with Crippen molar-refractivity contribution in [1.29, 1.82) is 0 Å². The fourth-order valence-corrected chi connectivity index (χ4v) is 3.38. The smallest absolute Gasteiger partial charge is 0.257 e. The van der Waals surface area contributed by atoms with E-state index in [0.717, 1.165) is 16.0 Å². The monoisotopic (exact) mass is 365 g/mol. The highest BCUT2D eigenvalue weighted by atomic mass is 32.2. The van der Waals surface area contributed by atoms with Gasteiger partial charge in [0.15, 0.2) is 10.2 Å². The summed E-state index contributed by atoms with van der Waals surface area (Å²) in [5.74, 6) is 1.72. The highest BCUT2D eigenvalue weighted by Gasteiger charge is 2.11. The van der Waals surface area contributed by atoms with Crippen LogP contribution in [0.1, 0.15) is 19.7 Å². The number of anilines is 1. The highest BCUT2D eigenvalue weighted by molar-refractivity contribution is 8.00. The van der Waals surface area contributed by atoms with Crippen molar-refractivity contribution >= 4 is 28.2 Å². The molecular weight excluding hydrogens is 349 g/mol. The van der Waals surface area contributed by atoms with Crippen molar-refractivity contribution in [2.75, 3.05) is 11.9 Å². The maximum absolute atomic E-state index is 12.9. The average molecular weight is 365 g/mol. The van der Waals surface area contributed by atoms with Gasteiger partial charge in [-0.15, -0.1) is 10.2 Å². The maximum atomic E-state index is 12.9. The predicted molar refractivity (Wildman–Crippen MR) is 92.5 cm³/mol. The van der Waals surface area contributed by atoms with E-state index in [4.69, 9.17) is 4.52 Å². The molecule has 0 unspecified atom stereocenters. The molecule has 1 N–H and O–H groups in total. The Kier molecular flexibility index (Phi) is 5.41. The minimum atomic E-state index is -0.299. The van der Waals surface area contributed by atoms with Gasteiger partial charge in [-0.3, -0.25) is 0 Å². The molecule has 0 aliphatic heterocycles. The van der Waals surface area contributed by atoms with Gasteiger partial charge in [-0.25, -0.2) is 4.39 Å². The lowest BCUT2D eigenvalue weighted by Gasteiger charge is -2.03. The molecule has 6 nitrogen and oxygen atoms in total. The van der Waals surface area contributed by atoms with Crippen molar-refractivity contribution in [3.63, 3.8) is 0 Å².